The number of aliphatic hydroxyl groups excluding tert-OH is 2. The SMILES string of the molecule is FC(F)(F)c1ccc2c(c1)C1OCCCC1C(c1ccccc1)N2.OCCC[C@H]1Cc2cc(C(F)(F)F)ccc2N[C@H]1c1ccccc1.OCCCc1cc2cc(C(F)(F)F)ccc2nc1-c1ccccc1. The number of halogens is 9. The predicted molar refractivity (Wildman–Crippen MR) is 261 cm³/mol. The first-order valence-corrected chi connectivity index (χ1v) is 24.0. The molecule has 4 N–H and O–H groups in total. The maximum Gasteiger partial charge on any atom is 0.416 e. The van der Waals surface area contributed by atoms with Gasteiger partial charge in [-0.15, -0.1) is 0 Å². The summed E-state index contributed by atoms with van der Waals surface area (Å²) in [7, 11) is 0. The lowest BCUT2D eigenvalue weighted by Crippen LogP contribution is -2.36. The van der Waals surface area contributed by atoms with Gasteiger partial charge in [-0.2, -0.15) is 39.5 Å². The smallest absolute Gasteiger partial charge is 0.396 e. The number of hydrogen-bond acceptors (Lipinski definition) is 6. The molecule has 7 aromatic rings. The highest BCUT2D eigenvalue weighted by molar-refractivity contribution is 5.84. The summed E-state index contributed by atoms with van der Waals surface area (Å²) in [4.78, 5) is 4.57. The zero-order valence-corrected chi connectivity index (χ0v) is 39.0. The van der Waals surface area contributed by atoms with Crippen molar-refractivity contribution in [2.24, 2.45) is 11.8 Å². The van der Waals surface area contributed by atoms with E-state index in [1.54, 1.807) is 6.07 Å². The number of nitrogens with zero attached hydrogens (tertiary/aromatic N) is 1. The molecular formula is C57H54F9N3O3. The maximum atomic E-state index is 13.1. The normalized spacial score (nSPS) is 19.5. The Hall–Kier alpha value is -6.42. The molecule has 3 aliphatic rings. The van der Waals surface area contributed by atoms with Crippen molar-refractivity contribution >= 4 is 22.3 Å². The second-order valence-corrected chi connectivity index (χ2v) is 18.3. The molecule has 0 spiro atoms. The van der Waals surface area contributed by atoms with Crippen LogP contribution in [0.2, 0.25) is 0 Å². The molecule has 6 nitrogen and oxygen atoms in total. The zero-order chi connectivity index (χ0) is 51.0. The summed E-state index contributed by atoms with van der Waals surface area (Å²) in [5.41, 5.74) is 6.18. The first-order valence-electron chi connectivity index (χ1n) is 24.0. The molecule has 1 fully saturated rings. The maximum absolute atomic E-state index is 13.1. The van der Waals surface area contributed by atoms with E-state index in [-0.39, 0.29) is 43.2 Å². The first kappa shape index (κ1) is 51.9. The Balaban J connectivity index is 0.000000144. The number of nitrogens with one attached hydrogen (secondary N) is 2. The molecule has 3 aliphatic heterocycles. The highest BCUT2D eigenvalue weighted by Crippen LogP contribution is 2.50. The van der Waals surface area contributed by atoms with Crippen LogP contribution in [0.25, 0.3) is 22.2 Å². The number of hydrogen-bond donors (Lipinski definition) is 4. The number of rotatable bonds is 9. The molecule has 0 amide bonds. The van der Waals surface area contributed by atoms with Gasteiger partial charge in [0.25, 0.3) is 0 Å². The molecule has 4 heterocycles. The fourth-order valence-electron chi connectivity index (χ4n) is 9.94. The number of aliphatic hydroxyl groups is 2. The minimum atomic E-state index is -4.38. The quantitative estimate of drug-likeness (QED) is 0.108. The lowest BCUT2D eigenvalue weighted by Gasteiger charge is -2.43. The van der Waals surface area contributed by atoms with E-state index in [9.17, 15) is 39.5 Å². The highest BCUT2D eigenvalue weighted by Gasteiger charge is 2.42. The van der Waals surface area contributed by atoms with Gasteiger partial charge in [0.05, 0.1) is 46.1 Å². The number of alkyl halides is 9. The van der Waals surface area contributed by atoms with Crippen molar-refractivity contribution in [1.29, 1.82) is 0 Å². The van der Waals surface area contributed by atoms with Gasteiger partial charge in [0.1, 0.15) is 0 Å². The molecule has 3 unspecified atom stereocenters. The predicted octanol–water partition coefficient (Wildman–Crippen LogP) is 15.0. The first-order chi connectivity index (χ1) is 34.5. The van der Waals surface area contributed by atoms with Crippen molar-refractivity contribution in [1.82, 2.24) is 4.98 Å². The Morgan fingerprint density at radius 1 is 0.583 bits per heavy atom. The standard InChI is InChI=1S/C19H18F3NO.C19H20F3NO.C19H16F3NO/c20-19(21,22)13-8-9-16-15(11-13)18-14(7-4-10-24-18)17(23-16)12-5-2-1-3-6-12;2*20-19(21,22)16-8-9-17-15(12-16)11-14(7-4-10-24)18(23-17)13-5-2-1-3-6-13/h1-3,5-6,8-9,11,14,17-18,23H,4,7,10H2;1-3,5-6,8-9,12,14,18,23-24H,4,7,10-11H2;1-3,5-6,8-9,11-12,24H,4,7,10H2/t;14-,18-;/m.0./s1. The monoisotopic (exact) mass is 999 g/mol. The van der Waals surface area contributed by atoms with Gasteiger partial charge in [-0.05, 0) is 134 Å². The van der Waals surface area contributed by atoms with E-state index in [2.05, 4.69) is 27.8 Å². The van der Waals surface area contributed by atoms with Crippen molar-refractivity contribution in [2.75, 3.05) is 30.5 Å². The molecular weight excluding hydrogens is 946 g/mol. The Morgan fingerprint density at radius 2 is 1.14 bits per heavy atom. The summed E-state index contributed by atoms with van der Waals surface area (Å²) in [6, 6.07) is 42.7. The molecule has 1 aromatic heterocycles. The number of ether oxygens (including phenoxy) is 1. The molecule has 0 bridgehead atoms. The van der Waals surface area contributed by atoms with Gasteiger partial charge in [-0.1, -0.05) is 91.0 Å². The van der Waals surface area contributed by atoms with E-state index in [1.807, 2.05) is 78.9 Å². The van der Waals surface area contributed by atoms with Crippen LogP contribution in [0.1, 0.15) is 94.8 Å². The number of aromatic nitrogens is 1. The summed E-state index contributed by atoms with van der Waals surface area (Å²) < 4.78 is 123. The van der Waals surface area contributed by atoms with Crippen LogP contribution >= 0.6 is 0 Å². The van der Waals surface area contributed by atoms with Gasteiger partial charge in [0, 0.05) is 53.6 Å². The van der Waals surface area contributed by atoms with Gasteiger partial charge >= 0.3 is 18.5 Å². The highest BCUT2D eigenvalue weighted by atomic mass is 19.4. The molecule has 0 radical (unpaired) electrons. The fraction of sp³-hybridized carbons (Fsp3) is 0.316. The molecule has 6 aromatic carbocycles. The molecule has 5 atom stereocenters. The third-order valence-corrected chi connectivity index (χ3v) is 13.4. The van der Waals surface area contributed by atoms with E-state index in [1.165, 1.54) is 30.3 Å². The second kappa shape index (κ2) is 22.6. The molecule has 1 saturated heterocycles. The van der Waals surface area contributed by atoms with Crippen molar-refractivity contribution in [3.8, 4) is 11.3 Å². The molecule has 15 heteroatoms. The van der Waals surface area contributed by atoms with Crippen LogP contribution in [0.5, 0.6) is 0 Å². The molecule has 378 valence electrons. The third-order valence-electron chi connectivity index (χ3n) is 13.4. The van der Waals surface area contributed by atoms with Gasteiger partial charge in [-0.3, -0.25) is 0 Å². The van der Waals surface area contributed by atoms with Crippen molar-refractivity contribution in [2.45, 2.75) is 81.7 Å². The number of pyridine rings is 1. The van der Waals surface area contributed by atoms with Crippen LogP contribution in [0.4, 0.5) is 50.9 Å². The summed E-state index contributed by atoms with van der Waals surface area (Å²) in [6.07, 6.45) is -8.39. The number of anilines is 2. The Morgan fingerprint density at radius 3 is 1.76 bits per heavy atom. The topological polar surface area (TPSA) is 86.6 Å². The molecule has 0 saturated carbocycles. The Kier molecular flexibility index (Phi) is 16.3. The summed E-state index contributed by atoms with van der Waals surface area (Å²) in [5.74, 6) is 0.285. The molecule has 0 aliphatic carbocycles. The van der Waals surface area contributed by atoms with Gasteiger partial charge in [-0.25, -0.2) is 4.98 Å². The minimum Gasteiger partial charge on any atom is -0.396 e. The van der Waals surface area contributed by atoms with Crippen molar-refractivity contribution < 1.29 is 54.5 Å². The minimum absolute atomic E-state index is 0.0227. The molecule has 72 heavy (non-hydrogen) atoms. The third kappa shape index (κ3) is 12.4. The summed E-state index contributed by atoms with van der Waals surface area (Å²) in [6.45, 7) is 0.709. The van der Waals surface area contributed by atoms with Gasteiger partial charge in [0.15, 0.2) is 0 Å². The van der Waals surface area contributed by atoms with Crippen LogP contribution in [0, 0.1) is 11.8 Å². The van der Waals surface area contributed by atoms with Gasteiger partial charge < -0.3 is 25.6 Å². The lowest BCUT2D eigenvalue weighted by molar-refractivity contribution is -0.138. The van der Waals surface area contributed by atoms with E-state index in [0.29, 0.717) is 54.3 Å². The average molecular weight is 1000 g/mol. The molecule has 10 rings (SSSR count). The zero-order valence-electron chi connectivity index (χ0n) is 39.0. The summed E-state index contributed by atoms with van der Waals surface area (Å²) in [5, 5.41) is 25.5. The number of fused-ring (bicyclic) bond motifs is 5. The van der Waals surface area contributed by atoms with E-state index < -0.39 is 35.2 Å². The Labute approximate surface area is 411 Å². The van der Waals surface area contributed by atoms with E-state index in [4.69, 9.17) is 14.9 Å². The van der Waals surface area contributed by atoms with Crippen molar-refractivity contribution in [3.63, 3.8) is 0 Å². The van der Waals surface area contributed by atoms with Crippen LogP contribution in [0.15, 0.2) is 152 Å². The van der Waals surface area contributed by atoms with E-state index in [0.717, 1.165) is 82.9 Å². The van der Waals surface area contributed by atoms with Crippen LogP contribution < -0.4 is 10.6 Å². The largest absolute Gasteiger partial charge is 0.416 e. The van der Waals surface area contributed by atoms with Crippen molar-refractivity contribution in [3.05, 3.63) is 196 Å². The lowest BCUT2D eigenvalue weighted by atomic mass is 9.77. The van der Waals surface area contributed by atoms with Gasteiger partial charge in [0.2, 0.25) is 0 Å². The van der Waals surface area contributed by atoms with Crippen LogP contribution in [-0.4, -0.2) is 35.0 Å². The second-order valence-electron chi connectivity index (χ2n) is 18.3. The van der Waals surface area contributed by atoms with Crippen LogP contribution in [-0.2, 0) is 36.1 Å². The average Bonchev–Trinajstić information content (AvgIpc) is 3.38. The number of aryl methyl sites for hydroxylation is 1. The van der Waals surface area contributed by atoms with E-state index >= 15 is 0 Å². The van der Waals surface area contributed by atoms with Crippen LogP contribution in [0.3, 0.4) is 0 Å². The fourth-order valence-corrected chi connectivity index (χ4v) is 9.94. The Bertz CT molecular complexity index is 2880. The number of benzene rings is 6. The summed E-state index contributed by atoms with van der Waals surface area (Å²) >= 11 is 0.